The molecule has 5 nitrogen and oxygen atoms in total. The number of hydrogen-bond acceptors (Lipinski definition) is 4. The van der Waals surface area contributed by atoms with Gasteiger partial charge in [-0.3, -0.25) is 9.69 Å². The summed E-state index contributed by atoms with van der Waals surface area (Å²) in [6.45, 7) is 2.79. The molecule has 2 saturated heterocycles. The van der Waals surface area contributed by atoms with E-state index in [2.05, 4.69) is 14.9 Å². The first-order valence-corrected chi connectivity index (χ1v) is 7.29. The van der Waals surface area contributed by atoms with E-state index < -0.39 is 0 Å². The zero-order chi connectivity index (χ0) is 12.8. The molecule has 2 fully saturated rings. The molecular formula is C14H19N3O2. The van der Waals surface area contributed by atoms with Crippen LogP contribution in [0.1, 0.15) is 42.4 Å². The summed E-state index contributed by atoms with van der Waals surface area (Å²) >= 11 is 0. The minimum atomic E-state index is -0.0621. The number of nitrogens with one attached hydrogen (secondary N) is 1. The first-order valence-electron chi connectivity index (χ1n) is 7.29. The molecule has 3 aliphatic rings. The van der Waals surface area contributed by atoms with Crippen molar-refractivity contribution >= 4 is 0 Å². The molecule has 1 N–H and O–H groups in total. The van der Waals surface area contributed by atoms with Crippen molar-refractivity contribution in [1.82, 2.24) is 14.9 Å². The van der Waals surface area contributed by atoms with E-state index in [1.807, 2.05) is 0 Å². The zero-order valence-corrected chi connectivity index (χ0v) is 11.0. The van der Waals surface area contributed by atoms with Crippen molar-refractivity contribution in [2.45, 2.75) is 44.2 Å². The largest absolute Gasteiger partial charge is 0.367 e. The van der Waals surface area contributed by atoms with Crippen LogP contribution < -0.4 is 5.56 Å². The van der Waals surface area contributed by atoms with Gasteiger partial charge in [0.1, 0.15) is 11.9 Å². The van der Waals surface area contributed by atoms with Gasteiger partial charge in [0.2, 0.25) is 0 Å². The molecule has 1 aromatic heterocycles. The number of nitrogens with zero attached hydrogens (tertiary/aromatic N) is 2. The lowest BCUT2D eigenvalue weighted by Crippen LogP contribution is -2.43. The molecule has 0 aromatic carbocycles. The van der Waals surface area contributed by atoms with Gasteiger partial charge < -0.3 is 9.72 Å². The van der Waals surface area contributed by atoms with Crippen molar-refractivity contribution in [3.05, 3.63) is 27.4 Å². The SMILES string of the molecule is O=c1[nH]c(C2CN3CCCC3CO2)nc2c1CCC2. The molecule has 0 radical (unpaired) electrons. The average molecular weight is 261 g/mol. The summed E-state index contributed by atoms with van der Waals surface area (Å²) in [5, 5.41) is 0. The van der Waals surface area contributed by atoms with E-state index in [4.69, 9.17) is 4.74 Å². The molecule has 3 heterocycles. The molecule has 2 unspecified atom stereocenters. The first-order chi connectivity index (χ1) is 9.31. The van der Waals surface area contributed by atoms with Crippen LogP contribution in [-0.4, -0.2) is 40.6 Å². The molecule has 2 aliphatic heterocycles. The van der Waals surface area contributed by atoms with E-state index in [1.54, 1.807) is 0 Å². The van der Waals surface area contributed by atoms with Gasteiger partial charge >= 0.3 is 0 Å². The molecule has 0 saturated carbocycles. The average Bonchev–Trinajstić information content (AvgIpc) is 3.06. The number of hydrogen-bond donors (Lipinski definition) is 1. The van der Waals surface area contributed by atoms with E-state index in [9.17, 15) is 4.79 Å². The van der Waals surface area contributed by atoms with Gasteiger partial charge in [-0.25, -0.2) is 4.98 Å². The van der Waals surface area contributed by atoms with Gasteiger partial charge in [-0.15, -0.1) is 0 Å². The smallest absolute Gasteiger partial charge is 0.254 e. The molecule has 0 amide bonds. The first kappa shape index (κ1) is 11.6. The van der Waals surface area contributed by atoms with Gasteiger partial charge in [0.15, 0.2) is 0 Å². The summed E-state index contributed by atoms with van der Waals surface area (Å²) in [4.78, 5) is 22.1. The number of aryl methyl sites for hydroxylation is 1. The third-order valence-corrected chi connectivity index (χ3v) is 4.65. The van der Waals surface area contributed by atoms with Crippen molar-refractivity contribution in [2.75, 3.05) is 19.7 Å². The number of H-pyrrole nitrogens is 1. The summed E-state index contributed by atoms with van der Waals surface area (Å²) in [6.07, 6.45) is 5.29. The van der Waals surface area contributed by atoms with Gasteiger partial charge in [-0.2, -0.15) is 0 Å². The molecule has 2 atom stereocenters. The lowest BCUT2D eigenvalue weighted by molar-refractivity contribution is -0.0543. The Labute approximate surface area is 112 Å². The fraction of sp³-hybridized carbons (Fsp3) is 0.714. The van der Waals surface area contributed by atoms with Gasteiger partial charge in [0.25, 0.3) is 5.56 Å². The fourth-order valence-corrected chi connectivity index (χ4v) is 3.60. The number of morpholine rings is 1. The number of ether oxygens (including phenoxy) is 1. The zero-order valence-electron chi connectivity index (χ0n) is 11.0. The van der Waals surface area contributed by atoms with Crippen molar-refractivity contribution in [3.8, 4) is 0 Å². The van der Waals surface area contributed by atoms with Crippen LogP contribution in [0.25, 0.3) is 0 Å². The van der Waals surface area contributed by atoms with E-state index in [0.29, 0.717) is 6.04 Å². The lowest BCUT2D eigenvalue weighted by Gasteiger charge is -2.34. The van der Waals surface area contributed by atoms with Crippen LogP contribution in [-0.2, 0) is 17.6 Å². The fourth-order valence-electron chi connectivity index (χ4n) is 3.60. The Hall–Kier alpha value is -1.20. The quantitative estimate of drug-likeness (QED) is 0.812. The second-order valence-electron chi connectivity index (χ2n) is 5.84. The van der Waals surface area contributed by atoms with Gasteiger partial charge in [-0.1, -0.05) is 0 Å². The van der Waals surface area contributed by atoms with Crippen molar-refractivity contribution < 1.29 is 4.74 Å². The van der Waals surface area contributed by atoms with Crippen LogP contribution in [0, 0.1) is 0 Å². The summed E-state index contributed by atoms with van der Waals surface area (Å²) < 4.78 is 5.92. The van der Waals surface area contributed by atoms with Gasteiger partial charge in [0, 0.05) is 18.2 Å². The topological polar surface area (TPSA) is 58.2 Å². The van der Waals surface area contributed by atoms with Crippen LogP contribution in [0.4, 0.5) is 0 Å². The third kappa shape index (κ3) is 1.92. The number of fused-ring (bicyclic) bond motifs is 2. The Kier molecular flexibility index (Phi) is 2.70. The molecule has 1 aliphatic carbocycles. The summed E-state index contributed by atoms with van der Waals surface area (Å²) in [6, 6.07) is 0.581. The van der Waals surface area contributed by atoms with Crippen LogP contribution in [0.15, 0.2) is 4.79 Å². The molecule has 102 valence electrons. The van der Waals surface area contributed by atoms with E-state index in [1.165, 1.54) is 12.8 Å². The standard InChI is InChI=1S/C14H19N3O2/c18-14-10-4-1-5-11(10)15-13(16-14)12-7-17-6-2-3-9(17)8-19-12/h9,12H,1-8H2,(H,15,16,18). The van der Waals surface area contributed by atoms with Crippen LogP contribution >= 0.6 is 0 Å². The molecule has 0 bridgehead atoms. The van der Waals surface area contributed by atoms with Crippen molar-refractivity contribution in [3.63, 3.8) is 0 Å². The van der Waals surface area contributed by atoms with Crippen LogP contribution in [0.2, 0.25) is 0 Å². The second kappa shape index (κ2) is 4.42. The van der Waals surface area contributed by atoms with E-state index in [-0.39, 0.29) is 11.7 Å². The predicted molar refractivity (Wildman–Crippen MR) is 70.2 cm³/mol. The molecular weight excluding hydrogens is 242 g/mol. The summed E-state index contributed by atoms with van der Waals surface area (Å²) in [5.74, 6) is 0.732. The monoisotopic (exact) mass is 261 g/mol. The molecule has 4 rings (SSSR count). The maximum Gasteiger partial charge on any atom is 0.254 e. The minimum Gasteiger partial charge on any atom is -0.367 e. The number of aromatic nitrogens is 2. The number of aromatic amines is 1. The Morgan fingerprint density at radius 2 is 2.26 bits per heavy atom. The Morgan fingerprint density at radius 3 is 3.21 bits per heavy atom. The highest BCUT2D eigenvalue weighted by Gasteiger charge is 2.34. The predicted octanol–water partition coefficient (Wildman–Crippen LogP) is 0.794. The van der Waals surface area contributed by atoms with E-state index in [0.717, 1.165) is 56.0 Å². The molecule has 19 heavy (non-hydrogen) atoms. The summed E-state index contributed by atoms with van der Waals surface area (Å²) in [5.41, 5.74) is 1.93. The normalized spacial score (nSPS) is 30.3. The molecule has 5 heteroatoms. The van der Waals surface area contributed by atoms with Gasteiger partial charge in [0.05, 0.1) is 12.3 Å². The molecule has 1 aromatic rings. The lowest BCUT2D eigenvalue weighted by atomic mass is 10.1. The van der Waals surface area contributed by atoms with Crippen molar-refractivity contribution in [1.29, 1.82) is 0 Å². The maximum atomic E-state index is 12.0. The van der Waals surface area contributed by atoms with Crippen LogP contribution in [0.5, 0.6) is 0 Å². The minimum absolute atomic E-state index is 0.0460. The highest BCUT2D eigenvalue weighted by molar-refractivity contribution is 5.23. The summed E-state index contributed by atoms with van der Waals surface area (Å²) in [7, 11) is 0. The highest BCUT2D eigenvalue weighted by Crippen LogP contribution is 2.29. The van der Waals surface area contributed by atoms with E-state index >= 15 is 0 Å². The second-order valence-corrected chi connectivity index (χ2v) is 5.84. The van der Waals surface area contributed by atoms with Crippen LogP contribution in [0.3, 0.4) is 0 Å². The Balaban J connectivity index is 1.62. The Bertz CT molecular complexity index is 554. The van der Waals surface area contributed by atoms with Gasteiger partial charge in [-0.05, 0) is 38.6 Å². The highest BCUT2D eigenvalue weighted by atomic mass is 16.5. The number of rotatable bonds is 1. The Morgan fingerprint density at radius 1 is 1.32 bits per heavy atom. The molecule has 0 spiro atoms. The maximum absolute atomic E-state index is 12.0. The van der Waals surface area contributed by atoms with Crippen molar-refractivity contribution in [2.24, 2.45) is 0 Å². The third-order valence-electron chi connectivity index (χ3n) is 4.65.